The van der Waals surface area contributed by atoms with Crippen LogP contribution >= 0.6 is 11.6 Å². The molecular formula is C14H11ClF3NO2S. The Bertz CT molecular complexity index is 804. The average Bonchev–Trinajstić information content (AvgIpc) is 2.36. The van der Waals surface area contributed by atoms with Crippen molar-refractivity contribution in [2.45, 2.75) is 6.18 Å². The van der Waals surface area contributed by atoms with Gasteiger partial charge in [-0.15, -0.1) is 0 Å². The number of hydrogen-bond donors (Lipinski definition) is 1. The number of anilines is 1. The van der Waals surface area contributed by atoms with Gasteiger partial charge >= 0.3 is 6.18 Å². The van der Waals surface area contributed by atoms with Gasteiger partial charge in [-0.3, -0.25) is 4.72 Å². The summed E-state index contributed by atoms with van der Waals surface area (Å²) in [6.07, 6.45) is -3.46. The highest BCUT2D eigenvalue weighted by Crippen LogP contribution is 2.35. The van der Waals surface area contributed by atoms with Gasteiger partial charge in [0.15, 0.2) is 0 Å². The van der Waals surface area contributed by atoms with E-state index in [4.69, 9.17) is 11.6 Å². The zero-order valence-electron chi connectivity index (χ0n) is 11.3. The highest BCUT2D eigenvalue weighted by molar-refractivity contribution is 7.92. The van der Waals surface area contributed by atoms with Gasteiger partial charge in [0.2, 0.25) is 10.0 Å². The lowest BCUT2D eigenvalue weighted by Crippen LogP contribution is -2.09. The van der Waals surface area contributed by atoms with E-state index in [9.17, 15) is 21.6 Å². The summed E-state index contributed by atoms with van der Waals surface area (Å²) in [5.41, 5.74) is 0.139. The van der Waals surface area contributed by atoms with Crippen molar-refractivity contribution in [3.8, 4) is 11.1 Å². The SMILES string of the molecule is CS(=O)(=O)Nc1ccc(-c2cccc(C(F)(F)F)c2)c(Cl)c1. The van der Waals surface area contributed by atoms with Gasteiger partial charge < -0.3 is 0 Å². The largest absolute Gasteiger partial charge is 0.416 e. The predicted molar refractivity (Wildman–Crippen MR) is 80.4 cm³/mol. The van der Waals surface area contributed by atoms with E-state index >= 15 is 0 Å². The Balaban J connectivity index is 2.42. The van der Waals surface area contributed by atoms with Crippen molar-refractivity contribution < 1.29 is 21.6 Å². The van der Waals surface area contributed by atoms with Crippen molar-refractivity contribution in [3.63, 3.8) is 0 Å². The third-order valence-electron chi connectivity index (χ3n) is 2.77. The fourth-order valence-corrected chi connectivity index (χ4v) is 2.73. The summed E-state index contributed by atoms with van der Waals surface area (Å²) >= 11 is 6.04. The van der Waals surface area contributed by atoms with E-state index in [1.807, 2.05) is 0 Å². The molecule has 0 aliphatic rings. The lowest BCUT2D eigenvalue weighted by Gasteiger charge is -2.11. The summed E-state index contributed by atoms with van der Waals surface area (Å²) in [5, 5.41) is 0.146. The zero-order valence-corrected chi connectivity index (χ0v) is 12.9. The van der Waals surface area contributed by atoms with Gasteiger partial charge in [-0.1, -0.05) is 29.8 Å². The minimum absolute atomic E-state index is 0.146. The van der Waals surface area contributed by atoms with Gasteiger partial charge in [-0.2, -0.15) is 13.2 Å². The molecule has 0 unspecified atom stereocenters. The van der Waals surface area contributed by atoms with Gasteiger partial charge in [-0.25, -0.2) is 8.42 Å². The molecule has 0 saturated carbocycles. The molecule has 0 atom stereocenters. The molecule has 0 radical (unpaired) electrons. The van der Waals surface area contributed by atoms with Gasteiger partial charge in [0.25, 0.3) is 0 Å². The Kier molecular flexibility index (Phi) is 4.39. The molecule has 0 heterocycles. The molecule has 0 aliphatic carbocycles. The molecule has 0 aliphatic heterocycles. The molecule has 0 spiro atoms. The van der Waals surface area contributed by atoms with Crippen molar-refractivity contribution in [3.05, 3.63) is 53.1 Å². The van der Waals surface area contributed by atoms with Crippen molar-refractivity contribution in [1.29, 1.82) is 0 Å². The monoisotopic (exact) mass is 349 g/mol. The van der Waals surface area contributed by atoms with Gasteiger partial charge in [-0.05, 0) is 29.8 Å². The maximum atomic E-state index is 12.7. The van der Waals surface area contributed by atoms with Crippen LogP contribution in [0.25, 0.3) is 11.1 Å². The Labute approximate surface area is 130 Å². The molecule has 118 valence electrons. The van der Waals surface area contributed by atoms with Crippen LogP contribution in [0.4, 0.5) is 18.9 Å². The molecule has 0 saturated heterocycles. The third kappa shape index (κ3) is 4.14. The van der Waals surface area contributed by atoms with E-state index < -0.39 is 21.8 Å². The number of alkyl halides is 3. The summed E-state index contributed by atoms with van der Waals surface area (Å²) in [7, 11) is -3.45. The number of hydrogen-bond acceptors (Lipinski definition) is 2. The van der Waals surface area contributed by atoms with Crippen molar-refractivity contribution in [2.24, 2.45) is 0 Å². The van der Waals surface area contributed by atoms with Gasteiger partial charge in [0.1, 0.15) is 0 Å². The number of benzene rings is 2. The first-order chi connectivity index (χ1) is 10.1. The van der Waals surface area contributed by atoms with Crippen LogP contribution in [-0.2, 0) is 16.2 Å². The fraction of sp³-hybridized carbons (Fsp3) is 0.143. The molecule has 1 N–H and O–H groups in total. The molecule has 0 fully saturated rings. The summed E-state index contributed by atoms with van der Waals surface area (Å²) in [6, 6.07) is 8.99. The van der Waals surface area contributed by atoms with Crippen LogP contribution in [0, 0.1) is 0 Å². The number of rotatable bonds is 3. The van der Waals surface area contributed by atoms with E-state index in [2.05, 4.69) is 4.72 Å². The third-order valence-corrected chi connectivity index (χ3v) is 3.69. The van der Waals surface area contributed by atoms with E-state index in [-0.39, 0.29) is 10.7 Å². The number of sulfonamides is 1. The molecule has 0 bridgehead atoms. The minimum atomic E-state index is -4.44. The lowest BCUT2D eigenvalue weighted by atomic mass is 10.0. The van der Waals surface area contributed by atoms with Crippen molar-refractivity contribution in [2.75, 3.05) is 11.0 Å². The number of halogens is 4. The Morgan fingerprint density at radius 2 is 1.77 bits per heavy atom. The van der Waals surface area contributed by atoms with Crippen LogP contribution in [0.1, 0.15) is 5.56 Å². The molecule has 22 heavy (non-hydrogen) atoms. The second-order valence-electron chi connectivity index (χ2n) is 4.65. The molecular weight excluding hydrogens is 339 g/mol. The normalized spacial score (nSPS) is 12.2. The van der Waals surface area contributed by atoms with Crippen molar-refractivity contribution >= 4 is 27.3 Å². The summed E-state index contributed by atoms with van der Waals surface area (Å²) in [5.74, 6) is 0. The fourth-order valence-electron chi connectivity index (χ4n) is 1.89. The Hall–Kier alpha value is -1.73. The lowest BCUT2D eigenvalue weighted by molar-refractivity contribution is -0.137. The molecule has 2 aromatic carbocycles. The average molecular weight is 350 g/mol. The van der Waals surface area contributed by atoms with Gasteiger partial charge in [0.05, 0.1) is 16.8 Å². The van der Waals surface area contributed by atoms with E-state index in [1.165, 1.54) is 30.3 Å². The molecule has 2 rings (SSSR count). The van der Waals surface area contributed by atoms with Crippen LogP contribution in [0.3, 0.4) is 0 Å². The number of nitrogens with one attached hydrogen (secondary N) is 1. The van der Waals surface area contributed by atoms with Crippen LogP contribution in [0.15, 0.2) is 42.5 Å². The summed E-state index contributed by atoms with van der Waals surface area (Å²) < 4.78 is 62.7. The highest BCUT2D eigenvalue weighted by Gasteiger charge is 2.30. The first-order valence-corrected chi connectivity index (χ1v) is 8.28. The van der Waals surface area contributed by atoms with E-state index in [0.29, 0.717) is 11.1 Å². The van der Waals surface area contributed by atoms with E-state index in [0.717, 1.165) is 18.4 Å². The van der Waals surface area contributed by atoms with E-state index in [1.54, 1.807) is 0 Å². The maximum absolute atomic E-state index is 12.7. The molecule has 2 aromatic rings. The molecule has 3 nitrogen and oxygen atoms in total. The van der Waals surface area contributed by atoms with Crippen molar-refractivity contribution in [1.82, 2.24) is 0 Å². The van der Waals surface area contributed by atoms with Crippen LogP contribution in [-0.4, -0.2) is 14.7 Å². The molecule has 0 amide bonds. The van der Waals surface area contributed by atoms with Gasteiger partial charge in [0, 0.05) is 11.3 Å². The smallest absolute Gasteiger partial charge is 0.284 e. The Morgan fingerprint density at radius 3 is 2.32 bits per heavy atom. The molecule has 8 heteroatoms. The zero-order chi connectivity index (χ0) is 16.5. The quantitative estimate of drug-likeness (QED) is 0.892. The highest BCUT2D eigenvalue weighted by atomic mass is 35.5. The van der Waals surface area contributed by atoms with Crippen LogP contribution in [0.2, 0.25) is 5.02 Å². The minimum Gasteiger partial charge on any atom is -0.284 e. The van der Waals surface area contributed by atoms with Crippen LogP contribution < -0.4 is 4.72 Å². The topological polar surface area (TPSA) is 46.2 Å². The standard InChI is InChI=1S/C14H11ClF3NO2S/c1-22(20,21)19-11-5-6-12(13(15)8-11)9-3-2-4-10(7-9)14(16,17)18/h2-8,19H,1H3. The first kappa shape index (κ1) is 16.6. The predicted octanol–water partition coefficient (Wildman–Crippen LogP) is 4.40. The molecule has 0 aromatic heterocycles. The maximum Gasteiger partial charge on any atom is 0.416 e. The second-order valence-corrected chi connectivity index (χ2v) is 6.80. The first-order valence-electron chi connectivity index (χ1n) is 6.01. The second kappa shape index (κ2) is 5.81. The summed E-state index contributed by atoms with van der Waals surface area (Å²) in [6.45, 7) is 0. The summed E-state index contributed by atoms with van der Waals surface area (Å²) in [4.78, 5) is 0. The Morgan fingerprint density at radius 1 is 1.09 bits per heavy atom. The van der Waals surface area contributed by atoms with Crippen LogP contribution in [0.5, 0.6) is 0 Å².